The number of rotatable bonds is 11. The van der Waals surface area contributed by atoms with Crippen LogP contribution in [0, 0.1) is 47.5 Å². The number of carbonyl (C=O) groups excluding carboxylic acids is 6. The first-order valence-corrected chi connectivity index (χ1v) is 15.6. The fraction of sp³-hybridized carbons (Fsp3) is 0.333. The maximum atomic E-state index is 12.2. The van der Waals surface area contributed by atoms with Crippen LogP contribution >= 0.6 is 0 Å². The summed E-state index contributed by atoms with van der Waals surface area (Å²) in [5.74, 6) is -3.41. The van der Waals surface area contributed by atoms with Crippen molar-refractivity contribution in [3.8, 4) is 0 Å². The first kappa shape index (κ1) is 39.3. The average molecular weight is 711 g/mol. The molecule has 0 spiro atoms. The largest absolute Gasteiger partial charge is 0.549 e. The number of hydrogen-bond acceptors (Lipinski definition) is 15. The minimum Gasteiger partial charge on any atom is -0.432 e. The number of carbonyl (C=O) groups is 6. The van der Waals surface area contributed by atoms with Crippen molar-refractivity contribution >= 4 is 36.4 Å². The molecule has 0 radical (unpaired) electrons. The summed E-state index contributed by atoms with van der Waals surface area (Å²) in [6.07, 6.45) is -3.98. The predicted octanol–water partition coefficient (Wildman–Crippen LogP) is 7.01. The Labute approximate surface area is 293 Å². The molecule has 0 atom stereocenters. The zero-order valence-corrected chi connectivity index (χ0v) is 28.9. The molecule has 15 nitrogen and oxygen atoms in total. The van der Waals surface area contributed by atoms with Crippen LogP contribution in [0.5, 0.6) is 0 Å². The molecule has 0 saturated carbocycles. The lowest BCUT2D eigenvalue weighted by molar-refractivity contribution is -0.206. The van der Waals surface area contributed by atoms with Crippen molar-refractivity contribution in [1.82, 2.24) is 0 Å². The van der Waals surface area contributed by atoms with Crippen molar-refractivity contribution in [3.05, 3.63) is 105 Å². The van der Waals surface area contributed by atoms with Crippen LogP contribution in [-0.4, -0.2) is 56.2 Å². The Balaban J connectivity index is 1.47. The van der Waals surface area contributed by atoms with Gasteiger partial charge in [-0.3, -0.25) is 0 Å². The van der Waals surface area contributed by atoms with Gasteiger partial charge < -0.3 is 14.2 Å². The van der Waals surface area contributed by atoms with Gasteiger partial charge in [-0.15, -0.1) is 0 Å². The van der Waals surface area contributed by atoms with Crippen molar-refractivity contribution in [3.63, 3.8) is 0 Å². The highest BCUT2D eigenvalue weighted by atomic mass is 17.2. The van der Waals surface area contributed by atoms with Crippen molar-refractivity contribution in [2.45, 2.75) is 54.4 Å². The highest BCUT2D eigenvalue weighted by Gasteiger charge is 2.21. The van der Waals surface area contributed by atoms with E-state index in [4.69, 9.17) is 14.2 Å². The van der Waals surface area contributed by atoms with Crippen LogP contribution in [0.3, 0.4) is 0 Å². The lowest BCUT2D eigenvalue weighted by Gasteiger charge is -2.16. The van der Waals surface area contributed by atoms with Gasteiger partial charge in [0.2, 0.25) is 0 Å². The first-order valence-electron chi connectivity index (χ1n) is 15.6. The summed E-state index contributed by atoms with van der Waals surface area (Å²) < 4.78 is 14.9. The van der Waals surface area contributed by atoms with E-state index in [9.17, 15) is 28.8 Å². The van der Waals surface area contributed by atoms with Crippen molar-refractivity contribution in [1.29, 1.82) is 0 Å². The van der Waals surface area contributed by atoms with E-state index >= 15 is 0 Å². The van der Waals surface area contributed by atoms with Gasteiger partial charge in [0.1, 0.15) is 0 Å². The highest BCUT2D eigenvalue weighted by Crippen LogP contribution is 2.15. The molecule has 0 aromatic heterocycles. The minimum absolute atomic E-state index is 0.0100. The smallest absolute Gasteiger partial charge is 0.432 e. The van der Waals surface area contributed by atoms with Gasteiger partial charge in [0.15, 0.2) is 0 Å². The Morgan fingerprint density at radius 2 is 0.745 bits per heavy atom. The van der Waals surface area contributed by atoms with E-state index in [-0.39, 0.29) is 49.4 Å². The number of aryl methyl sites for hydroxylation is 6. The van der Waals surface area contributed by atoms with Crippen LogP contribution in [-0.2, 0) is 43.5 Å². The summed E-state index contributed by atoms with van der Waals surface area (Å²) >= 11 is 0. The van der Waals surface area contributed by atoms with Crippen molar-refractivity contribution in [2.75, 3.05) is 19.8 Å². The summed E-state index contributed by atoms with van der Waals surface area (Å²) in [6, 6.07) is 14.3. The molecule has 51 heavy (non-hydrogen) atoms. The van der Waals surface area contributed by atoms with Crippen molar-refractivity contribution < 1.29 is 72.3 Å². The second-order valence-electron chi connectivity index (χ2n) is 11.5. The highest BCUT2D eigenvalue weighted by molar-refractivity contribution is 5.90. The van der Waals surface area contributed by atoms with Crippen LogP contribution < -0.4 is 0 Å². The van der Waals surface area contributed by atoms with E-state index in [1.807, 2.05) is 20.8 Å². The Morgan fingerprint density at radius 3 is 1.06 bits per heavy atom. The predicted molar refractivity (Wildman–Crippen MR) is 174 cm³/mol. The van der Waals surface area contributed by atoms with E-state index in [0.29, 0.717) is 0 Å². The van der Waals surface area contributed by atoms with Gasteiger partial charge in [0.25, 0.3) is 0 Å². The molecular formula is C36H38O15. The monoisotopic (exact) mass is 710 g/mol. The molecular weight excluding hydrogens is 672 g/mol. The minimum atomic E-state index is -1.35. The molecule has 0 aliphatic heterocycles. The van der Waals surface area contributed by atoms with E-state index in [1.165, 1.54) is 18.2 Å². The average Bonchev–Trinajstić information content (AvgIpc) is 3.10. The van der Waals surface area contributed by atoms with Crippen LogP contribution in [0.25, 0.3) is 0 Å². The number of benzene rings is 3. The van der Waals surface area contributed by atoms with Gasteiger partial charge in [0, 0.05) is 0 Å². The van der Waals surface area contributed by atoms with Gasteiger partial charge in [-0.1, -0.05) is 18.2 Å². The third-order valence-electron chi connectivity index (χ3n) is 7.71. The van der Waals surface area contributed by atoms with Crippen LogP contribution in [0.15, 0.2) is 54.6 Å². The number of ether oxygens (including phenoxy) is 3. The molecule has 0 unspecified atom stereocenters. The lowest BCUT2D eigenvalue weighted by atomic mass is 10.0. The lowest BCUT2D eigenvalue weighted by Crippen LogP contribution is -2.21. The molecule has 0 amide bonds. The maximum absolute atomic E-state index is 12.2. The zero-order chi connectivity index (χ0) is 37.5. The Hall–Kier alpha value is -6.12. The van der Waals surface area contributed by atoms with Gasteiger partial charge in [0.05, 0.1) is 36.5 Å². The molecule has 15 heteroatoms. The third-order valence-corrected chi connectivity index (χ3v) is 7.71. The van der Waals surface area contributed by atoms with E-state index in [2.05, 4.69) is 29.3 Å². The van der Waals surface area contributed by atoms with Gasteiger partial charge in [-0.2, -0.15) is 14.4 Å². The Kier molecular flexibility index (Phi) is 14.8. The first-order chi connectivity index (χ1) is 24.2. The molecule has 3 aromatic carbocycles. The summed E-state index contributed by atoms with van der Waals surface area (Å²) in [5, 5.41) is 0. The van der Waals surface area contributed by atoms with Crippen LogP contribution in [0.4, 0.5) is 14.4 Å². The molecule has 0 fully saturated rings. The number of hydrogen-bond donors (Lipinski definition) is 0. The fourth-order valence-electron chi connectivity index (χ4n) is 4.15. The Bertz CT molecular complexity index is 1660. The molecule has 272 valence electrons. The SMILES string of the molecule is Cc1ccc(C(=O)OOC(=O)OCCC(CCOC(=O)OOC(=O)c2ccc(C)c(C)c2)COC(=O)OOC(=O)c2ccc(C)c(C)c2)cc1C. The summed E-state index contributed by atoms with van der Waals surface area (Å²) in [6.45, 7) is 9.99. The van der Waals surface area contributed by atoms with E-state index < -0.39 is 42.3 Å². The molecule has 0 heterocycles. The van der Waals surface area contributed by atoms with Gasteiger partial charge in [-0.25, -0.2) is 43.7 Å². The fourth-order valence-corrected chi connectivity index (χ4v) is 4.15. The quantitative estimate of drug-likeness (QED) is 0.0855. The van der Waals surface area contributed by atoms with Gasteiger partial charge in [-0.05, 0) is 130 Å². The second kappa shape index (κ2) is 19.2. The molecule has 0 aliphatic carbocycles. The summed E-state index contributed by atoms with van der Waals surface area (Å²) in [5.41, 5.74) is 5.82. The van der Waals surface area contributed by atoms with E-state index in [0.717, 1.165) is 33.4 Å². The van der Waals surface area contributed by atoms with E-state index in [1.54, 1.807) is 57.2 Å². The van der Waals surface area contributed by atoms with Gasteiger partial charge >= 0.3 is 36.4 Å². The zero-order valence-electron chi connectivity index (χ0n) is 28.9. The molecule has 0 aliphatic rings. The topological polar surface area (TPSA) is 185 Å². The second-order valence-corrected chi connectivity index (χ2v) is 11.5. The summed E-state index contributed by atoms with van der Waals surface area (Å²) in [7, 11) is 0. The van der Waals surface area contributed by atoms with Crippen LogP contribution in [0.2, 0.25) is 0 Å². The normalized spacial score (nSPS) is 10.4. The standard InChI is InChI=1S/C36H38O15/c1-21-7-10-28(17-24(21)4)31(37)46-49-34(40)43-15-13-27(20-45-36(42)51-48-33(39)30-12-9-23(3)26(6)19-30)14-16-44-35(41)50-47-32(38)29-11-8-22(2)25(5)18-29/h7-12,17-19,27H,13-16,20H2,1-6H3. The molecule has 0 bridgehead atoms. The molecule has 3 rings (SSSR count). The molecule has 0 N–H and O–H groups in total. The summed E-state index contributed by atoms with van der Waals surface area (Å²) in [4.78, 5) is 99.7. The van der Waals surface area contributed by atoms with Crippen LogP contribution in [0.1, 0.15) is 77.3 Å². The molecule has 0 saturated heterocycles. The maximum Gasteiger partial charge on any atom is 0.549 e. The third kappa shape index (κ3) is 13.0. The molecule has 3 aromatic rings. The van der Waals surface area contributed by atoms with Crippen molar-refractivity contribution in [2.24, 2.45) is 5.92 Å². The Morgan fingerprint density at radius 1 is 0.431 bits per heavy atom.